The third-order valence-corrected chi connectivity index (χ3v) is 4.15. The number of hydrogen-bond donors (Lipinski definition) is 0. The monoisotopic (exact) mass is 325 g/mol. The molecule has 1 heterocycles. The topological polar surface area (TPSA) is 63.7 Å². The summed E-state index contributed by atoms with van der Waals surface area (Å²) in [5.74, 6) is -3.20. The van der Waals surface area contributed by atoms with Gasteiger partial charge in [0.2, 0.25) is 0 Å². The van der Waals surface area contributed by atoms with Gasteiger partial charge in [0.05, 0.1) is 18.8 Å². The molecule has 5 nitrogen and oxygen atoms in total. The molecule has 0 radical (unpaired) electrons. The summed E-state index contributed by atoms with van der Waals surface area (Å²) in [6, 6.07) is 0.952. The van der Waals surface area contributed by atoms with Crippen molar-refractivity contribution in [1.82, 2.24) is 4.90 Å². The van der Waals surface area contributed by atoms with E-state index in [-0.39, 0.29) is 13.1 Å². The lowest BCUT2D eigenvalue weighted by molar-refractivity contribution is 0.0299. The van der Waals surface area contributed by atoms with Crippen LogP contribution in [0.5, 0.6) is 0 Å². The second-order valence-corrected chi connectivity index (χ2v) is 6.64. The molecule has 0 aliphatic carbocycles. The molecule has 1 amide bonds. The van der Waals surface area contributed by atoms with Crippen LogP contribution in [0.3, 0.4) is 0 Å². The minimum absolute atomic E-state index is 0.249. The molecular weight excluding hydrogens is 316 g/mol. The number of benzene rings is 1. The van der Waals surface area contributed by atoms with E-state index in [1.807, 2.05) is 0 Å². The fourth-order valence-electron chi connectivity index (χ4n) is 1.82. The normalized spacial score (nSPS) is 16.2. The number of carbonyl (C=O) groups is 1. The summed E-state index contributed by atoms with van der Waals surface area (Å²) in [7, 11) is 0.642. The molecule has 0 saturated carbocycles. The van der Waals surface area contributed by atoms with E-state index < -0.39 is 37.1 Å². The highest BCUT2D eigenvalue weighted by molar-refractivity contribution is 8.13. The molecule has 0 spiro atoms. The minimum atomic E-state index is -4.40. The lowest BCUT2D eigenvalue weighted by Gasteiger charge is -2.27. The Morgan fingerprint density at radius 3 is 2.35 bits per heavy atom. The van der Waals surface area contributed by atoms with Gasteiger partial charge in [-0.3, -0.25) is 4.79 Å². The van der Waals surface area contributed by atoms with E-state index in [2.05, 4.69) is 0 Å². The summed E-state index contributed by atoms with van der Waals surface area (Å²) in [5, 5.41) is 0. The van der Waals surface area contributed by atoms with Crippen LogP contribution in [0.4, 0.5) is 8.78 Å². The van der Waals surface area contributed by atoms with Crippen molar-refractivity contribution in [2.45, 2.75) is 4.90 Å². The zero-order valence-electron chi connectivity index (χ0n) is 10.1. The molecule has 0 bridgehead atoms. The Kier molecular flexibility index (Phi) is 4.26. The van der Waals surface area contributed by atoms with E-state index in [1.54, 1.807) is 0 Å². The Labute approximate surface area is 118 Å². The van der Waals surface area contributed by atoms with Gasteiger partial charge in [0, 0.05) is 29.8 Å². The first kappa shape index (κ1) is 15.1. The smallest absolute Gasteiger partial charge is 0.264 e. The van der Waals surface area contributed by atoms with Crippen molar-refractivity contribution in [3.63, 3.8) is 0 Å². The molecule has 1 saturated heterocycles. The van der Waals surface area contributed by atoms with Crippen molar-refractivity contribution in [3.8, 4) is 0 Å². The molecule has 9 heteroatoms. The van der Waals surface area contributed by atoms with Crippen molar-refractivity contribution in [3.05, 3.63) is 29.3 Å². The summed E-state index contributed by atoms with van der Waals surface area (Å²) in [6.45, 7) is 1.10. The van der Waals surface area contributed by atoms with Crippen molar-refractivity contribution < 1.29 is 26.7 Å². The van der Waals surface area contributed by atoms with E-state index in [9.17, 15) is 22.0 Å². The summed E-state index contributed by atoms with van der Waals surface area (Å²) >= 11 is 0. The first-order chi connectivity index (χ1) is 9.30. The summed E-state index contributed by atoms with van der Waals surface area (Å²) in [4.78, 5) is 12.5. The molecule has 110 valence electrons. The van der Waals surface area contributed by atoms with E-state index in [0.717, 1.165) is 0 Å². The van der Waals surface area contributed by atoms with Gasteiger partial charge in [-0.1, -0.05) is 0 Å². The van der Waals surface area contributed by atoms with Gasteiger partial charge in [-0.2, -0.15) is 0 Å². The van der Waals surface area contributed by atoms with Crippen LogP contribution in [-0.2, 0) is 13.8 Å². The number of rotatable bonds is 2. The number of halogens is 3. The number of ether oxygens (including phenoxy) is 1. The molecule has 0 N–H and O–H groups in total. The Hall–Kier alpha value is -1.25. The molecule has 1 aromatic rings. The molecule has 1 aliphatic rings. The third kappa shape index (κ3) is 3.08. The standard InChI is InChI=1S/C11H10ClF2NO4S/c12-20(17,18)10-5-7(8(13)6-9(10)14)11(16)15-1-3-19-4-2-15/h5-6H,1-4H2. The molecule has 0 unspecified atom stereocenters. The Morgan fingerprint density at radius 1 is 1.20 bits per heavy atom. The SMILES string of the molecule is O=C(c1cc(S(=O)(=O)Cl)c(F)cc1F)N1CCOCC1. The van der Waals surface area contributed by atoms with Gasteiger partial charge in [-0.25, -0.2) is 17.2 Å². The van der Waals surface area contributed by atoms with Gasteiger partial charge >= 0.3 is 0 Å². The van der Waals surface area contributed by atoms with E-state index in [1.165, 1.54) is 4.90 Å². The van der Waals surface area contributed by atoms with Gasteiger partial charge in [-0.15, -0.1) is 0 Å². The lowest BCUT2D eigenvalue weighted by Crippen LogP contribution is -2.41. The second-order valence-electron chi connectivity index (χ2n) is 4.10. The average Bonchev–Trinajstić information content (AvgIpc) is 2.37. The van der Waals surface area contributed by atoms with Crippen molar-refractivity contribution in [2.24, 2.45) is 0 Å². The van der Waals surface area contributed by atoms with Gasteiger partial charge in [0.1, 0.15) is 16.5 Å². The molecule has 2 rings (SSSR count). The van der Waals surface area contributed by atoms with Crippen molar-refractivity contribution in [1.29, 1.82) is 0 Å². The first-order valence-corrected chi connectivity index (χ1v) is 7.92. The van der Waals surface area contributed by atoms with Crippen LogP contribution in [0.1, 0.15) is 10.4 Å². The number of carbonyl (C=O) groups excluding carboxylic acids is 1. The molecule has 1 fully saturated rings. The number of morpholine rings is 1. The second kappa shape index (κ2) is 5.63. The van der Waals surface area contributed by atoms with Crippen molar-refractivity contribution >= 4 is 25.6 Å². The molecule has 1 aromatic carbocycles. The highest BCUT2D eigenvalue weighted by Crippen LogP contribution is 2.23. The van der Waals surface area contributed by atoms with Crippen LogP contribution in [0, 0.1) is 11.6 Å². The van der Waals surface area contributed by atoms with Gasteiger partial charge in [-0.05, 0) is 6.07 Å². The summed E-state index contributed by atoms with van der Waals surface area (Å²) in [5.41, 5.74) is -0.535. The van der Waals surface area contributed by atoms with Crippen LogP contribution in [0.15, 0.2) is 17.0 Å². The number of hydrogen-bond acceptors (Lipinski definition) is 4. The molecule has 20 heavy (non-hydrogen) atoms. The minimum Gasteiger partial charge on any atom is -0.378 e. The third-order valence-electron chi connectivity index (χ3n) is 2.81. The van der Waals surface area contributed by atoms with Gasteiger partial charge < -0.3 is 9.64 Å². The molecule has 0 aromatic heterocycles. The lowest BCUT2D eigenvalue weighted by atomic mass is 10.1. The fraction of sp³-hybridized carbons (Fsp3) is 0.364. The van der Waals surface area contributed by atoms with Gasteiger partial charge in [0.25, 0.3) is 15.0 Å². The maximum Gasteiger partial charge on any atom is 0.264 e. The van der Waals surface area contributed by atoms with Crippen LogP contribution >= 0.6 is 10.7 Å². The highest BCUT2D eigenvalue weighted by atomic mass is 35.7. The van der Waals surface area contributed by atoms with Crippen LogP contribution < -0.4 is 0 Å². The Morgan fingerprint density at radius 2 is 1.80 bits per heavy atom. The largest absolute Gasteiger partial charge is 0.378 e. The maximum absolute atomic E-state index is 13.7. The van der Waals surface area contributed by atoms with E-state index >= 15 is 0 Å². The van der Waals surface area contributed by atoms with Crippen LogP contribution in [-0.4, -0.2) is 45.5 Å². The van der Waals surface area contributed by atoms with E-state index in [0.29, 0.717) is 25.3 Å². The highest BCUT2D eigenvalue weighted by Gasteiger charge is 2.26. The zero-order chi connectivity index (χ0) is 14.9. The zero-order valence-corrected chi connectivity index (χ0v) is 11.7. The fourth-order valence-corrected chi connectivity index (χ4v) is 2.72. The number of nitrogens with zero attached hydrogens (tertiary/aromatic N) is 1. The predicted octanol–water partition coefficient (Wildman–Crippen LogP) is 1.36. The van der Waals surface area contributed by atoms with Crippen LogP contribution in [0.25, 0.3) is 0 Å². The summed E-state index contributed by atoms with van der Waals surface area (Å²) in [6.07, 6.45) is 0. The first-order valence-electron chi connectivity index (χ1n) is 5.61. The molecule has 1 aliphatic heterocycles. The molecular formula is C11H10ClF2NO4S. The predicted molar refractivity (Wildman–Crippen MR) is 66.1 cm³/mol. The van der Waals surface area contributed by atoms with Crippen LogP contribution in [0.2, 0.25) is 0 Å². The number of amides is 1. The maximum atomic E-state index is 13.7. The Bertz CT molecular complexity index is 644. The average molecular weight is 326 g/mol. The van der Waals surface area contributed by atoms with Crippen molar-refractivity contribution in [2.75, 3.05) is 26.3 Å². The summed E-state index contributed by atoms with van der Waals surface area (Å²) < 4.78 is 54.4. The molecule has 0 atom stereocenters. The van der Waals surface area contributed by atoms with E-state index in [4.69, 9.17) is 15.4 Å². The van der Waals surface area contributed by atoms with Gasteiger partial charge in [0.15, 0.2) is 0 Å². The quantitative estimate of drug-likeness (QED) is 0.770. The Balaban J connectivity index is 2.43.